The van der Waals surface area contributed by atoms with E-state index >= 15 is 0 Å². The van der Waals surface area contributed by atoms with Gasteiger partial charge in [-0.25, -0.2) is 10.5 Å². The van der Waals surface area contributed by atoms with Gasteiger partial charge in [0, 0.05) is 18.4 Å². The quantitative estimate of drug-likeness (QED) is 0.568. The third kappa shape index (κ3) is 1.92. The molecule has 1 heterocycles. The SMILES string of the molecule is CC(C)n1ccnc1NO.N. The summed E-state index contributed by atoms with van der Waals surface area (Å²) in [5, 5.41) is 8.52. The van der Waals surface area contributed by atoms with Crippen molar-refractivity contribution < 1.29 is 5.21 Å². The van der Waals surface area contributed by atoms with E-state index in [1.54, 1.807) is 6.20 Å². The summed E-state index contributed by atoms with van der Waals surface area (Å²) in [6.45, 7) is 4.03. The van der Waals surface area contributed by atoms with E-state index in [2.05, 4.69) is 4.98 Å². The molecule has 0 radical (unpaired) electrons. The number of imidazole rings is 1. The predicted octanol–water partition coefficient (Wildman–Crippen LogP) is 1.43. The Balaban J connectivity index is 0.000001000. The number of rotatable bonds is 2. The van der Waals surface area contributed by atoms with E-state index in [9.17, 15) is 0 Å². The van der Waals surface area contributed by atoms with E-state index in [1.807, 2.05) is 30.1 Å². The van der Waals surface area contributed by atoms with Gasteiger partial charge in [0.1, 0.15) is 0 Å². The van der Waals surface area contributed by atoms with Gasteiger partial charge in [-0.1, -0.05) is 0 Å². The van der Waals surface area contributed by atoms with Crippen molar-refractivity contribution in [2.45, 2.75) is 19.9 Å². The van der Waals surface area contributed by atoms with Gasteiger partial charge in [0.05, 0.1) is 0 Å². The summed E-state index contributed by atoms with van der Waals surface area (Å²) in [5.74, 6) is 0.481. The van der Waals surface area contributed by atoms with Gasteiger partial charge < -0.3 is 10.7 Å². The lowest BCUT2D eigenvalue weighted by Gasteiger charge is -2.08. The lowest BCUT2D eigenvalue weighted by Crippen LogP contribution is -2.04. The first-order chi connectivity index (χ1) is 4.75. The van der Waals surface area contributed by atoms with E-state index in [0.29, 0.717) is 12.0 Å². The van der Waals surface area contributed by atoms with Crippen LogP contribution >= 0.6 is 0 Å². The summed E-state index contributed by atoms with van der Waals surface area (Å²) in [4.78, 5) is 3.86. The van der Waals surface area contributed by atoms with Crippen molar-refractivity contribution in [2.75, 3.05) is 5.48 Å². The smallest absolute Gasteiger partial charge is 0.227 e. The van der Waals surface area contributed by atoms with Crippen molar-refractivity contribution in [1.29, 1.82) is 0 Å². The lowest BCUT2D eigenvalue weighted by atomic mass is 10.4. The second-order valence-electron chi connectivity index (χ2n) is 2.36. The summed E-state index contributed by atoms with van der Waals surface area (Å²) < 4.78 is 1.83. The molecule has 1 rings (SSSR count). The summed E-state index contributed by atoms with van der Waals surface area (Å²) >= 11 is 0. The van der Waals surface area contributed by atoms with Crippen molar-refractivity contribution >= 4 is 5.95 Å². The molecule has 64 valence electrons. The topological polar surface area (TPSA) is 85.1 Å². The highest BCUT2D eigenvalue weighted by Gasteiger charge is 2.02. The molecule has 5 N–H and O–H groups in total. The lowest BCUT2D eigenvalue weighted by molar-refractivity contribution is 0.375. The van der Waals surface area contributed by atoms with Crippen molar-refractivity contribution in [3.05, 3.63) is 12.4 Å². The van der Waals surface area contributed by atoms with Crippen molar-refractivity contribution in [2.24, 2.45) is 0 Å². The van der Waals surface area contributed by atoms with E-state index in [4.69, 9.17) is 5.21 Å². The van der Waals surface area contributed by atoms with Crippen LogP contribution in [0.2, 0.25) is 0 Å². The number of hydrogen-bond acceptors (Lipinski definition) is 4. The molecule has 0 spiro atoms. The van der Waals surface area contributed by atoms with Gasteiger partial charge in [0.2, 0.25) is 5.95 Å². The van der Waals surface area contributed by atoms with E-state index in [0.717, 1.165) is 0 Å². The average Bonchev–Trinajstić information content (AvgIpc) is 2.33. The Morgan fingerprint density at radius 2 is 2.27 bits per heavy atom. The largest absolute Gasteiger partial charge is 0.344 e. The molecule has 0 aliphatic heterocycles. The molecule has 11 heavy (non-hydrogen) atoms. The predicted molar refractivity (Wildman–Crippen MR) is 43.0 cm³/mol. The normalized spacial score (nSPS) is 9.45. The standard InChI is InChI=1S/C6H11N3O.H3N/c1-5(2)9-4-3-7-6(9)8-10;/h3-5,10H,1-2H3,(H,7,8);1H3. The first kappa shape index (κ1) is 9.93. The number of nitrogens with zero attached hydrogens (tertiary/aromatic N) is 2. The van der Waals surface area contributed by atoms with Gasteiger partial charge in [-0.2, -0.15) is 0 Å². The monoisotopic (exact) mass is 158 g/mol. The van der Waals surface area contributed by atoms with Crippen LogP contribution in [0.25, 0.3) is 0 Å². The molecule has 0 fully saturated rings. The fraction of sp³-hybridized carbons (Fsp3) is 0.500. The van der Waals surface area contributed by atoms with Gasteiger partial charge in [-0.05, 0) is 13.8 Å². The van der Waals surface area contributed by atoms with Crippen LogP contribution in [-0.4, -0.2) is 14.8 Å². The molecule has 0 amide bonds. The Morgan fingerprint density at radius 3 is 2.64 bits per heavy atom. The van der Waals surface area contributed by atoms with Gasteiger partial charge in [0.15, 0.2) is 0 Å². The minimum atomic E-state index is 0. The maximum absolute atomic E-state index is 8.52. The Kier molecular flexibility index (Phi) is 3.56. The molecule has 0 aliphatic rings. The maximum Gasteiger partial charge on any atom is 0.227 e. The fourth-order valence-corrected chi connectivity index (χ4v) is 0.816. The number of aromatic nitrogens is 2. The zero-order valence-corrected chi connectivity index (χ0v) is 6.78. The number of anilines is 1. The van der Waals surface area contributed by atoms with Crippen LogP contribution in [0.1, 0.15) is 19.9 Å². The van der Waals surface area contributed by atoms with Crippen LogP contribution in [-0.2, 0) is 0 Å². The van der Waals surface area contributed by atoms with Crippen LogP contribution in [0, 0.1) is 0 Å². The van der Waals surface area contributed by atoms with E-state index in [1.165, 1.54) is 0 Å². The summed E-state index contributed by atoms with van der Waals surface area (Å²) in [6, 6.07) is 0.317. The van der Waals surface area contributed by atoms with Gasteiger partial charge >= 0.3 is 0 Å². The zero-order valence-electron chi connectivity index (χ0n) is 6.78. The van der Waals surface area contributed by atoms with E-state index in [-0.39, 0.29) is 6.15 Å². The second kappa shape index (κ2) is 3.95. The van der Waals surface area contributed by atoms with Crippen LogP contribution in [0.3, 0.4) is 0 Å². The van der Waals surface area contributed by atoms with Crippen molar-refractivity contribution in [3.63, 3.8) is 0 Å². The second-order valence-corrected chi connectivity index (χ2v) is 2.36. The third-order valence-electron chi connectivity index (χ3n) is 1.32. The first-order valence-corrected chi connectivity index (χ1v) is 3.18. The highest BCUT2D eigenvalue weighted by atomic mass is 16.5. The highest BCUT2D eigenvalue weighted by molar-refractivity contribution is 5.22. The first-order valence-electron chi connectivity index (χ1n) is 3.18. The maximum atomic E-state index is 8.52. The molecule has 0 unspecified atom stereocenters. The minimum absolute atomic E-state index is 0. The molecular weight excluding hydrogens is 144 g/mol. The third-order valence-corrected chi connectivity index (χ3v) is 1.32. The molecule has 0 atom stereocenters. The molecule has 5 nitrogen and oxygen atoms in total. The molecule has 5 heteroatoms. The Bertz CT molecular complexity index is 208. The van der Waals surface area contributed by atoms with Gasteiger partial charge in [-0.3, -0.25) is 5.21 Å². The molecule has 1 aromatic rings. The molecule has 0 saturated heterocycles. The molecule has 0 aliphatic carbocycles. The molecular formula is C6H14N4O. The van der Waals surface area contributed by atoms with Crippen LogP contribution in [0.5, 0.6) is 0 Å². The zero-order chi connectivity index (χ0) is 7.56. The molecule has 1 aromatic heterocycles. The minimum Gasteiger partial charge on any atom is -0.344 e. The van der Waals surface area contributed by atoms with Crippen LogP contribution < -0.4 is 11.6 Å². The highest BCUT2D eigenvalue weighted by Crippen LogP contribution is 2.10. The van der Waals surface area contributed by atoms with Crippen LogP contribution in [0.15, 0.2) is 12.4 Å². The van der Waals surface area contributed by atoms with Crippen molar-refractivity contribution in [1.82, 2.24) is 15.7 Å². The Morgan fingerprint density at radius 1 is 1.64 bits per heavy atom. The average molecular weight is 158 g/mol. The molecule has 0 aromatic carbocycles. The Hall–Kier alpha value is -1.07. The molecule has 0 saturated carbocycles. The van der Waals surface area contributed by atoms with E-state index < -0.39 is 0 Å². The summed E-state index contributed by atoms with van der Waals surface area (Å²) in [5.41, 5.74) is 2.01. The van der Waals surface area contributed by atoms with Gasteiger partial charge in [-0.15, -0.1) is 0 Å². The summed E-state index contributed by atoms with van der Waals surface area (Å²) in [7, 11) is 0. The van der Waals surface area contributed by atoms with Crippen molar-refractivity contribution in [3.8, 4) is 0 Å². The summed E-state index contributed by atoms with van der Waals surface area (Å²) in [6.07, 6.45) is 3.45. The van der Waals surface area contributed by atoms with Gasteiger partial charge in [0.25, 0.3) is 0 Å². The molecule has 0 bridgehead atoms. The number of hydrogen-bond donors (Lipinski definition) is 3. The Labute approximate surface area is 65.6 Å². The van der Waals surface area contributed by atoms with Crippen LogP contribution in [0.4, 0.5) is 5.95 Å². The fourth-order valence-electron chi connectivity index (χ4n) is 0.816. The number of nitrogens with one attached hydrogen (secondary N) is 1.